The lowest BCUT2D eigenvalue weighted by Gasteiger charge is -2.22. The summed E-state index contributed by atoms with van der Waals surface area (Å²) in [5.41, 5.74) is -2.37. The highest BCUT2D eigenvalue weighted by Gasteiger charge is 2.25. The van der Waals surface area contributed by atoms with Crippen molar-refractivity contribution in [2.75, 3.05) is 13.7 Å². The minimum absolute atomic E-state index is 0.0540. The van der Waals surface area contributed by atoms with Crippen molar-refractivity contribution in [3.63, 3.8) is 0 Å². The largest absolute Gasteiger partial charge is 0.467 e. The molecule has 0 rings (SSSR count). The Hall–Kier alpha value is -3.25. The van der Waals surface area contributed by atoms with E-state index >= 15 is 0 Å². The maximum Gasteiger partial charge on any atom is 0.414 e. The van der Waals surface area contributed by atoms with Crippen LogP contribution in [0.25, 0.3) is 0 Å². The summed E-state index contributed by atoms with van der Waals surface area (Å²) in [5, 5.41) is 10.5. The third-order valence-corrected chi connectivity index (χ3v) is 3.07. The molecular weight excluding hydrogens is 452 g/mol. The molecule has 1 atom stereocenters. The molecule has 0 aromatic rings. The van der Waals surface area contributed by atoms with E-state index < -0.39 is 53.1 Å². The molecule has 13 heteroatoms. The molecule has 0 aromatic carbocycles. The van der Waals surface area contributed by atoms with E-state index in [0.29, 0.717) is 0 Å². The standard InChI is InChI=1S/C21H38N4O9/c1-19(2,3)32-16(27)22-13(14(26)30-10)11-12-31-25-15(23-17(28)33-20(4,5)6)24-18(29)34-21(7,8)9/h13H,11-12H2,1-10H3,(H,22,27)(H2,23,24,25,28,29). The molecule has 0 spiro atoms. The number of hydrogen-bond acceptors (Lipinski definition) is 10. The number of carbonyl (C=O) groups is 4. The number of rotatable bonds is 6. The molecule has 0 aromatic heterocycles. The van der Waals surface area contributed by atoms with Crippen LogP contribution in [0.4, 0.5) is 14.4 Å². The average Bonchev–Trinajstić information content (AvgIpc) is 2.58. The monoisotopic (exact) mass is 490 g/mol. The van der Waals surface area contributed by atoms with Gasteiger partial charge in [0.1, 0.15) is 29.5 Å². The number of hydrogen-bond donors (Lipinski definition) is 3. The molecule has 0 fully saturated rings. The van der Waals surface area contributed by atoms with Crippen LogP contribution in [-0.4, -0.2) is 66.8 Å². The van der Waals surface area contributed by atoms with Crippen LogP contribution < -0.4 is 16.0 Å². The van der Waals surface area contributed by atoms with Gasteiger partial charge in [-0.25, -0.2) is 19.2 Å². The maximum atomic E-state index is 12.1. The van der Waals surface area contributed by atoms with Crippen LogP contribution in [0.5, 0.6) is 0 Å². The number of methoxy groups -OCH3 is 1. The number of ether oxygens (including phenoxy) is 4. The fraction of sp³-hybridized carbons (Fsp3) is 0.762. The van der Waals surface area contributed by atoms with Crippen LogP contribution in [0, 0.1) is 0 Å². The Morgan fingerprint density at radius 3 is 1.53 bits per heavy atom. The van der Waals surface area contributed by atoms with E-state index in [1.807, 2.05) is 0 Å². The average molecular weight is 491 g/mol. The Morgan fingerprint density at radius 2 is 1.15 bits per heavy atom. The number of nitrogens with zero attached hydrogens (tertiary/aromatic N) is 1. The molecule has 34 heavy (non-hydrogen) atoms. The van der Waals surface area contributed by atoms with Crippen molar-refractivity contribution in [1.82, 2.24) is 16.0 Å². The topological polar surface area (TPSA) is 163 Å². The van der Waals surface area contributed by atoms with Gasteiger partial charge < -0.3 is 29.1 Å². The number of oxime groups is 1. The van der Waals surface area contributed by atoms with Crippen LogP contribution in [0.3, 0.4) is 0 Å². The Kier molecular flexibility index (Phi) is 11.6. The van der Waals surface area contributed by atoms with Gasteiger partial charge >= 0.3 is 24.2 Å². The van der Waals surface area contributed by atoms with E-state index in [9.17, 15) is 19.2 Å². The van der Waals surface area contributed by atoms with Crippen molar-refractivity contribution in [1.29, 1.82) is 0 Å². The first kappa shape index (κ1) is 30.8. The number of amides is 3. The fourth-order valence-corrected chi connectivity index (χ4v) is 2.00. The highest BCUT2D eigenvalue weighted by atomic mass is 16.6. The van der Waals surface area contributed by atoms with Crippen molar-refractivity contribution < 1.29 is 43.0 Å². The van der Waals surface area contributed by atoms with Crippen LogP contribution >= 0.6 is 0 Å². The summed E-state index contributed by atoms with van der Waals surface area (Å²) >= 11 is 0. The Morgan fingerprint density at radius 1 is 0.735 bits per heavy atom. The number of nitrogens with one attached hydrogen (secondary N) is 3. The van der Waals surface area contributed by atoms with Crippen LogP contribution in [0.1, 0.15) is 68.7 Å². The van der Waals surface area contributed by atoms with Crippen molar-refractivity contribution in [2.45, 2.75) is 91.6 Å². The molecule has 0 bridgehead atoms. The Balaban J connectivity index is 5.20. The van der Waals surface area contributed by atoms with Gasteiger partial charge in [-0.15, -0.1) is 0 Å². The molecule has 0 aliphatic rings. The normalized spacial score (nSPS) is 12.4. The minimum Gasteiger partial charge on any atom is -0.467 e. The van der Waals surface area contributed by atoms with Gasteiger partial charge in [0.15, 0.2) is 0 Å². The first-order chi connectivity index (χ1) is 15.3. The Bertz CT molecular complexity index is 715. The molecule has 0 heterocycles. The molecule has 0 radical (unpaired) electrons. The summed E-state index contributed by atoms with van der Waals surface area (Å²) in [5.74, 6) is -1.13. The van der Waals surface area contributed by atoms with Gasteiger partial charge in [0, 0.05) is 6.42 Å². The van der Waals surface area contributed by atoms with Crippen LogP contribution in [0.15, 0.2) is 5.16 Å². The zero-order valence-corrected chi connectivity index (χ0v) is 21.6. The third kappa shape index (κ3) is 16.4. The van der Waals surface area contributed by atoms with E-state index in [2.05, 4.69) is 25.8 Å². The fourth-order valence-electron chi connectivity index (χ4n) is 2.00. The Labute approximate surface area is 200 Å². The molecule has 1 unspecified atom stereocenters. The molecular formula is C21H38N4O9. The van der Waals surface area contributed by atoms with Gasteiger partial charge in [-0.3, -0.25) is 10.6 Å². The lowest BCUT2D eigenvalue weighted by molar-refractivity contribution is -0.143. The smallest absolute Gasteiger partial charge is 0.414 e. The second-order valence-electron chi connectivity index (χ2n) is 10.0. The zero-order valence-electron chi connectivity index (χ0n) is 21.6. The maximum absolute atomic E-state index is 12.1. The number of carbonyl (C=O) groups excluding carboxylic acids is 4. The van der Waals surface area contributed by atoms with Gasteiger partial charge in [0.25, 0.3) is 5.96 Å². The first-order valence-corrected chi connectivity index (χ1v) is 10.6. The van der Waals surface area contributed by atoms with Crippen LogP contribution in [-0.2, 0) is 28.6 Å². The van der Waals surface area contributed by atoms with Gasteiger partial charge in [-0.2, -0.15) is 0 Å². The van der Waals surface area contributed by atoms with Gasteiger partial charge in [0.2, 0.25) is 0 Å². The van der Waals surface area contributed by atoms with Crippen molar-refractivity contribution >= 4 is 30.2 Å². The van der Waals surface area contributed by atoms with Gasteiger partial charge in [-0.1, -0.05) is 0 Å². The summed E-state index contributed by atoms with van der Waals surface area (Å²) in [6, 6.07) is -1.09. The lowest BCUT2D eigenvalue weighted by Crippen LogP contribution is -2.47. The molecule has 3 N–H and O–H groups in total. The lowest BCUT2D eigenvalue weighted by atomic mass is 10.2. The third-order valence-electron chi connectivity index (χ3n) is 3.07. The van der Waals surface area contributed by atoms with Crippen molar-refractivity contribution in [2.24, 2.45) is 5.16 Å². The number of guanidine groups is 1. The van der Waals surface area contributed by atoms with E-state index in [4.69, 9.17) is 19.0 Å². The second-order valence-corrected chi connectivity index (χ2v) is 10.0. The zero-order chi connectivity index (χ0) is 26.7. The predicted molar refractivity (Wildman–Crippen MR) is 122 cm³/mol. The van der Waals surface area contributed by atoms with E-state index in [1.54, 1.807) is 62.3 Å². The second kappa shape index (κ2) is 12.8. The van der Waals surface area contributed by atoms with Crippen LogP contribution in [0.2, 0.25) is 0 Å². The molecule has 3 amide bonds. The summed E-state index contributed by atoms with van der Waals surface area (Å²) in [6.07, 6.45) is -2.66. The molecule has 0 saturated carbocycles. The minimum atomic E-state index is -1.09. The molecule has 196 valence electrons. The van der Waals surface area contributed by atoms with E-state index in [0.717, 1.165) is 0 Å². The van der Waals surface area contributed by atoms with Crippen molar-refractivity contribution in [3.8, 4) is 0 Å². The molecule has 0 aliphatic heterocycles. The quantitative estimate of drug-likeness (QED) is 0.127. The molecule has 0 aliphatic carbocycles. The highest BCUT2D eigenvalue weighted by Crippen LogP contribution is 2.09. The molecule has 13 nitrogen and oxygen atoms in total. The number of alkyl carbamates (subject to hydrolysis) is 3. The summed E-state index contributed by atoms with van der Waals surface area (Å²) in [6.45, 7) is 14.8. The van der Waals surface area contributed by atoms with E-state index in [1.165, 1.54) is 7.11 Å². The summed E-state index contributed by atoms with van der Waals surface area (Å²) in [4.78, 5) is 53.2. The SMILES string of the molecule is COC(=O)C(CCON=C(NC(=O)OC(C)(C)C)NC(=O)OC(C)(C)C)NC(=O)OC(C)(C)C. The van der Waals surface area contributed by atoms with Gasteiger partial charge in [-0.05, 0) is 67.5 Å². The highest BCUT2D eigenvalue weighted by molar-refractivity contribution is 6.01. The number of esters is 1. The summed E-state index contributed by atoms with van der Waals surface area (Å²) < 4.78 is 20.0. The summed E-state index contributed by atoms with van der Waals surface area (Å²) in [7, 11) is 1.17. The first-order valence-electron chi connectivity index (χ1n) is 10.6. The van der Waals surface area contributed by atoms with Crippen molar-refractivity contribution in [3.05, 3.63) is 0 Å². The van der Waals surface area contributed by atoms with E-state index in [-0.39, 0.29) is 13.0 Å². The predicted octanol–water partition coefficient (Wildman–Crippen LogP) is 2.78. The van der Waals surface area contributed by atoms with Gasteiger partial charge in [0.05, 0.1) is 7.11 Å². The molecule has 0 saturated heterocycles.